The number of rotatable bonds is 3. The van der Waals surface area contributed by atoms with E-state index in [-0.39, 0.29) is 10.7 Å². The summed E-state index contributed by atoms with van der Waals surface area (Å²) >= 11 is 1.62. The first-order valence-electron chi connectivity index (χ1n) is 7.81. The van der Waals surface area contributed by atoms with Gasteiger partial charge in [0, 0.05) is 19.1 Å². The summed E-state index contributed by atoms with van der Waals surface area (Å²) in [5.41, 5.74) is 0. The van der Waals surface area contributed by atoms with Crippen molar-refractivity contribution in [3.05, 3.63) is 0 Å². The second-order valence-corrected chi connectivity index (χ2v) is 7.81. The van der Waals surface area contributed by atoms with Crippen molar-refractivity contribution < 1.29 is 9.53 Å². The van der Waals surface area contributed by atoms with Crippen molar-refractivity contribution in [3.8, 4) is 0 Å². The van der Waals surface area contributed by atoms with Crippen LogP contribution in [0, 0.1) is 11.8 Å². The molecule has 0 radical (unpaired) electrons. The number of nitrogens with zero attached hydrogens (tertiary/aromatic N) is 1. The molecule has 3 fully saturated rings. The van der Waals surface area contributed by atoms with E-state index in [1.54, 1.807) is 11.8 Å². The third-order valence-corrected chi connectivity index (χ3v) is 6.27. The van der Waals surface area contributed by atoms with Crippen LogP contribution >= 0.6 is 11.8 Å². The molecule has 1 amide bonds. The van der Waals surface area contributed by atoms with Gasteiger partial charge in [-0.1, -0.05) is 31.0 Å². The Balaban J connectivity index is 1.60. The molecular weight excluding hydrogens is 272 g/mol. The maximum Gasteiger partial charge on any atom is 0.242 e. The number of amides is 1. The van der Waals surface area contributed by atoms with Crippen LogP contribution in [0.2, 0.25) is 0 Å². The number of ether oxygens (including phenoxy) is 1. The summed E-state index contributed by atoms with van der Waals surface area (Å²) in [6.45, 7) is 4.39. The second-order valence-electron chi connectivity index (χ2n) is 6.37. The number of aliphatic imine (C=N–C) groups is 1. The van der Waals surface area contributed by atoms with Gasteiger partial charge < -0.3 is 10.1 Å². The van der Waals surface area contributed by atoms with Crippen molar-refractivity contribution in [1.29, 1.82) is 0 Å². The summed E-state index contributed by atoms with van der Waals surface area (Å²) in [6.07, 6.45) is 7.62. The summed E-state index contributed by atoms with van der Waals surface area (Å²) < 4.78 is 5.05. The molecule has 5 heteroatoms. The highest BCUT2D eigenvalue weighted by Gasteiger charge is 2.49. The fourth-order valence-electron chi connectivity index (χ4n) is 3.39. The fraction of sp³-hybridized carbons (Fsp3) is 0.867. The van der Waals surface area contributed by atoms with Crippen molar-refractivity contribution in [2.75, 3.05) is 19.8 Å². The van der Waals surface area contributed by atoms with Crippen LogP contribution in [0.5, 0.6) is 0 Å². The summed E-state index contributed by atoms with van der Waals surface area (Å²) in [7, 11) is 0. The van der Waals surface area contributed by atoms with Crippen LogP contribution in [-0.2, 0) is 9.53 Å². The van der Waals surface area contributed by atoms with Gasteiger partial charge in [-0.15, -0.1) is 0 Å². The first-order chi connectivity index (χ1) is 9.68. The van der Waals surface area contributed by atoms with Gasteiger partial charge in [-0.3, -0.25) is 9.79 Å². The van der Waals surface area contributed by atoms with Gasteiger partial charge in [-0.05, 0) is 32.1 Å². The zero-order chi connectivity index (χ0) is 14.0. The van der Waals surface area contributed by atoms with Gasteiger partial charge in [0.2, 0.25) is 5.91 Å². The van der Waals surface area contributed by atoms with Crippen molar-refractivity contribution in [2.24, 2.45) is 16.8 Å². The van der Waals surface area contributed by atoms with Gasteiger partial charge in [0.1, 0.15) is 4.75 Å². The predicted octanol–water partition coefficient (Wildman–Crippen LogP) is 2.58. The van der Waals surface area contributed by atoms with Crippen molar-refractivity contribution in [2.45, 2.75) is 50.2 Å². The largest absolute Gasteiger partial charge is 0.381 e. The Labute approximate surface area is 125 Å². The minimum Gasteiger partial charge on any atom is -0.381 e. The lowest BCUT2D eigenvalue weighted by Gasteiger charge is -2.24. The maximum absolute atomic E-state index is 12.3. The fourth-order valence-corrected chi connectivity index (χ4v) is 4.57. The molecule has 2 aliphatic heterocycles. The first kappa shape index (κ1) is 14.4. The molecule has 0 aromatic carbocycles. The third-order valence-electron chi connectivity index (χ3n) is 4.91. The monoisotopic (exact) mass is 296 g/mol. The average Bonchev–Trinajstić information content (AvgIpc) is 3.08. The number of nitrogens with one attached hydrogen (secondary N) is 1. The molecule has 0 bridgehead atoms. The van der Waals surface area contributed by atoms with Crippen LogP contribution in [0.1, 0.15) is 45.4 Å². The first-order valence-corrected chi connectivity index (χ1v) is 8.63. The van der Waals surface area contributed by atoms with E-state index in [9.17, 15) is 4.79 Å². The number of carbonyl (C=O) groups excluding carboxylic acids is 1. The number of thioether (sulfide) groups is 1. The second kappa shape index (κ2) is 6.06. The van der Waals surface area contributed by atoms with E-state index in [1.165, 1.54) is 32.1 Å². The molecule has 112 valence electrons. The highest BCUT2D eigenvalue weighted by atomic mass is 32.2. The van der Waals surface area contributed by atoms with Gasteiger partial charge in [0.05, 0.1) is 6.61 Å². The van der Waals surface area contributed by atoms with Gasteiger partial charge in [0.25, 0.3) is 0 Å². The van der Waals surface area contributed by atoms with E-state index in [0.717, 1.165) is 30.7 Å². The van der Waals surface area contributed by atoms with Crippen LogP contribution in [-0.4, -0.2) is 35.6 Å². The van der Waals surface area contributed by atoms with Gasteiger partial charge in [-0.2, -0.15) is 0 Å². The van der Waals surface area contributed by atoms with E-state index in [2.05, 4.69) is 10.3 Å². The number of hydrogen-bond acceptors (Lipinski definition) is 4. The standard InChI is InChI=1S/C15H24N2O2S/c1-15(12-7-8-19-10-12)13(18)17-14(20-15)16-9-11-5-3-2-4-6-11/h11-12H,2-10H2,1H3,(H,16,17,18). The number of carbonyl (C=O) groups is 1. The van der Waals surface area contributed by atoms with E-state index < -0.39 is 0 Å². The Morgan fingerprint density at radius 2 is 2.15 bits per heavy atom. The molecule has 3 aliphatic rings. The summed E-state index contributed by atoms with van der Waals surface area (Å²) in [5.74, 6) is 1.14. The molecule has 2 saturated heterocycles. The predicted molar refractivity (Wildman–Crippen MR) is 81.9 cm³/mol. The lowest BCUT2D eigenvalue weighted by Crippen LogP contribution is -2.40. The van der Waals surface area contributed by atoms with Crippen LogP contribution in [0.3, 0.4) is 0 Å². The molecule has 2 unspecified atom stereocenters. The van der Waals surface area contributed by atoms with Crippen LogP contribution < -0.4 is 5.32 Å². The molecule has 1 N–H and O–H groups in total. The molecule has 0 spiro atoms. The summed E-state index contributed by atoms with van der Waals surface area (Å²) in [6, 6.07) is 0. The molecule has 0 aromatic rings. The molecular formula is C15H24N2O2S. The Bertz CT molecular complexity index is 401. The Morgan fingerprint density at radius 3 is 2.85 bits per heavy atom. The van der Waals surface area contributed by atoms with Crippen molar-refractivity contribution >= 4 is 22.8 Å². The Morgan fingerprint density at radius 1 is 1.35 bits per heavy atom. The highest BCUT2D eigenvalue weighted by molar-refractivity contribution is 8.16. The molecule has 2 atom stereocenters. The minimum absolute atomic E-state index is 0.111. The minimum atomic E-state index is -0.387. The molecule has 20 heavy (non-hydrogen) atoms. The molecule has 3 rings (SSSR count). The van der Waals surface area contributed by atoms with Gasteiger partial charge >= 0.3 is 0 Å². The van der Waals surface area contributed by atoms with E-state index in [1.807, 2.05) is 6.92 Å². The van der Waals surface area contributed by atoms with Crippen LogP contribution in [0.15, 0.2) is 4.99 Å². The normalized spacial score (nSPS) is 37.5. The van der Waals surface area contributed by atoms with E-state index in [0.29, 0.717) is 12.5 Å². The van der Waals surface area contributed by atoms with Gasteiger partial charge in [-0.25, -0.2) is 0 Å². The third kappa shape index (κ3) is 2.89. The van der Waals surface area contributed by atoms with Crippen LogP contribution in [0.4, 0.5) is 0 Å². The quantitative estimate of drug-likeness (QED) is 0.871. The number of amidine groups is 1. The van der Waals surface area contributed by atoms with Gasteiger partial charge in [0.15, 0.2) is 5.17 Å². The molecule has 1 aliphatic carbocycles. The molecule has 2 heterocycles. The topological polar surface area (TPSA) is 50.7 Å². The Hall–Kier alpha value is -0.550. The summed E-state index contributed by atoms with van der Waals surface area (Å²) in [5, 5.41) is 3.81. The zero-order valence-electron chi connectivity index (χ0n) is 12.2. The van der Waals surface area contributed by atoms with E-state index >= 15 is 0 Å². The number of hydrogen-bond donors (Lipinski definition) is 1. The molecule has 1 saturated carbocycles. The smallest absolute Gasteiger partial charge is 0.242 e. The molecule has 0 aromatic heterocycles. The average molecular weight is 296 g/mol. The highest BCUT2D eigenvalue weighted by Crippen LogP contribution is 2.41. The van der Waals surface area contributed by atoms with Crippen molar-refractivity contribution in [3.63, 3.8) is 0 Å². The lowest BCUT2D eigenvalue weighted by molar-refractivity contribution is -0.122. The SMILES string of the molecule is CC1(C2CCOC2)SC(=NCC2CCCCC2)NC1=O. The Kier molecular flexibility index (Phi) is 4.36. The summed E-state index contributed by atoms with van der Waals surface area (Å²) in [4.78, 5) is 16.9. The molecule has 4 nitrogen and oxygen atoms in total. The van der Waals surface area contributed by atoms with E-state index in [4.69, 9.17) is 4.74 Å². The van der Waals surface area contributed by atoms with Crippen LogP contribution in [0.25, 0.3) is 0 Å². The lowest BCUT2D eigenvalue weighted by atomic mass is 9.89. The maximum atomic E-state index is 12.3. The zero-order valence-corrected chi connectivity index (χ0v) is 13.0. The van der Waals surface area contributed by atoms with Crippen molar-refractivity contribution in [1.82, 2.24) is 5.32 Å².